The molecule has 1 aliphatic carbocycles. The quantitative estimate of drug-likeness (QED) is 0.865. The minimum Gasteiger partial charge on any atom is -0.371 e. The number of benzene rings is 1. The molecule has 1 N–H and O–H groups in total. The molecule has 1 aromatic rings. The van der Waals surface area contributed by atoms with Crippen LogP contribution in [0.4, 0.5) is 5.69 Å². The number of hydroxylamine groups is 1. The Bertz CT molecular complexity index is 457. The summed E-state index contributed by atoms with van der Waals surface area (Å²) in [6.45, 7) is 1.78. The maximum atomic E-state index is 12.2. The first kappa shape index (κ1) is 14.4. The van der Waals surface area contributed by atoms with Crippen molar-refractivity contribution in [1.29, 1.82) is 0 Å². The van der Waals surface area contributed by atoms with E-state index in [1.165, 1.54) is 18.5 Å². The van der Waals surface area contributed by atoms with Crippen molar-refractivity contribution in [2.75, 3.05) is 18.0 Å². The summed E-state index contributed by atoms with van der Waals surface area (Å²) in [5, 5.41) is 0. The average Bonchev–Trinajstić information content (AvgIpc) is 3.07. The van der Waals surface area contributed by atoms with Gasteiger partial charge in [-0.15, -0.1) is 0 Å². The molecule has 2 fully saturated rings. The van der Waals surface area contributed by atoms with Crippen molar-refractivity contribution < 1.29 is 9.63 Å². The van der Waals surface area contributed by atoms with Gasteiger partial charge in [0.2, 0.25) is 0 Å². The Morgan fingerprint density at radius 2 is 1.86 bits per heavy atom. The molecule has 3 rings (SSSR count). The molecule has 0 radical (unpaired) electrons. The van der Waals surface area contributed by atoms with Crippen molar-refractivity contribution in [1.82, 2.24) is 5.48 Å². The predicted molar refractivity (Wildman–Crippen MR) is 82.9 cm³/mol. The molecule has 1 saturated heterocycles. The molecule has 2 aliphatic rings. The molecule has 0 aromatic heterocycles. The molecule has 4 nitrogen and oxygen atoms in total. The van der Waals surface area contributed by atoms with Gasteiger partial charge in [0.05, 0.1) is 5.92 Å². The molecule has 1 unspecified atom stereocenters. The summed E-state index contributed by atoms with van der Waals surface area (Å²) in [6, 6.07) is 10.7. The Morgan fingerprint density at radius 3 is 2.62 bits per heavy atom. The normalized spacial score (nSPS) is 23.2. The van der Waals surface area contributed by atoms with Crippen LogP contribution in [-0.4, -0.2) is 25.1 Å². The second kappa shape index (κ2) is 6.94. The van der Waals surface area contributed by atoms with E-state index in [1.807, 2.05) is 18.2 Å². The number of rotatable bonds is 4. The molecule has 0 bridgehead atoms. The zero-order valence-corrected chi connectivity index (χ0v) is 12.5. The van der Waals surface area contributed by atoms with Gasteiger partial charge in [-0.25, -0.2) is 4.79 Å². The third-order valence-electron chi connectivity index (χ3n) is 4.56. The van der Waals surface area contributed by atoms with E-state index >= 15 is 0 Å². The predicted octanol–water partition coefficient (Wildman–Crippen LogP) is 2.89. The summed E-state index contributed by atoms with van der Waals surface area (Å²) in [5.74, 6) is -0.115. The molecule has 21 heavy (non-hydrogen) atoms. The summed E-state index contributed by atoms with van der Waals surface area (Å²) >= 11 is 0. The van der Waals surface area contributed by atoms with Crippen LogP contribution in [0.15, 0.2) is 30.3 Å². The fraction of sp³-hybridized carbons (Fsp3) is 0.588. The van der Waals surface area contributed by atoms with E-state index in [4.69, 9.17) is 4.84 Å². The first-order valence-electron chi connectivity index (χ1n) is 8.09. The molecular weight excluding hydrogens is 264 g/mol. The van der Waals surface area contributed by atoms with Gasteiger partial charge in [0, 0.05) is 24.8 Å². The smallest absolute Gasteiger partial charge is 0.329 e. The number of anilines is 1. The number of nitrogens with one attached hydrogen (secondary N) is 1. The van der Waals surface area contributed by atoms with Crippen molar-refractivity contribution in [2.24, 2.45) is 5.92 Å². The van der Waals surface area contributed by atoms with Gasteiger partial charge >= 0.3 is 5.97 Å². The highest BCUT2D eigenvalue weighted by Crippen LogP contribution is 2.24. The van der Waals surface area contributed by atoms with Crippen molar-refractivity contribution in [3.8, 4) is 0 Å². The van der Waals surface area contributed by atoms with E-state index in [-0.39, 0.29) is 11.9 Å². The highest BCUT2D eigenvalue weighted by atomic mass is 16.7. The topological polar surface area (TPSA) is 41.6 Å². The number of nitrogens with zero attached hydrogens (tertiary/aromatic N) is 1. The molecule has 0 amide bonds. The van der Waals surface area contributed by atoms with E-state index in [0.717, 1.165) is 38.8 Å². The van der Waals surface area contributed by atoms with Crippen molar-refractivity contribution in [3.05, 3.63) is 30.3 Å². The molecule has 1 heterocycles. The Labute approximate surface area is 126 Å². The van der Waals surface area contributed by atoms with Crippen LogP contribution >= 0.6 is 0 Å². The maximum Gasteiger partial charge on any atom is 0.329 e. The van der Waals surface area contributed by atoms with Crippen molar-refractivity contribution in [3.63, 3.8) is 0 Å². The van der Waals surface area contributed by atoms with E-state index in [9.17, 15) is 4.79 Å². The Morgan fingerprint density at radius 1 is 1.10 bits per heavy atom. The van der Waals surface area contributed by atoms with Gasteiger partial charge in [-0.1, -0.05) is 31.0 Å². The summed E-state index contributed by atoms with van der Waals surface area (Å²) in [4.78, 5) is 19.8. The minimum atomic E-state index is -0.0949. The molecule has 1 atom stereocenters. The summed E-state index contributed by atoms with van der Waals surface area (Å²) in [5.41, 5.74) is 4.16. The lowest BCUT2D eigenvalue weighted by molar-refractivity contribution is -0.158. The number of carbonyl (C=O) groups is 1. The third-order valence-corrected chi connectivity index (χ3v) is 4.56. The fourth-order valence-electron chi connectivity index (χ4n) is 3.31. The highest BCUT2D eigenvalue weighted by molar-refractivity contribution is 5.73. The van der Waals surface area contributed by atoms with E-state index in [1.54, 1.807) is 0 Å². The van der Waals surface area contributed by atoms with Gasteiger partial charge in [0.1, 0.15) is 0 Å². The van der Waals surface area contributed by atoms with E-state index < -0.39 is 0 Å². The van der Waals surface area contributed by atoms with Gasteiger partial charge in [0.25, 0.3) is 0 Å². The molecule has 1 saturated carbocycles. The van der Waals surface area contributed by atoms with E-state index in [0.29, 0.717) is 6.04 Å². The first-order valence-corrected chi connectivity index (χ1v) is 8.09. The van der Waals surface area contributed by atoms with Crippen LogP contribution in [-0.2, 0) is 9.63 Å². The largest absolute Gasteiger partial charge is 0.371 e. The van der Waals surface area contributed by atoms with Gasteiger partial charge in [-0.2, -0.15) is 5.48 Å². The molecule has 0 spiro atoms. The summed E-state index contributed by atoms with van der Waals surface area (Å²) < 4.78 is 0. The zero-order chi connectivity index (χ0) is 14.5. The number of piperidine rings is 1. The van der Waals surface area contributed by atoms with Crippen LogP contribution in [0.25, 0.3) is 0 Å². The monoisotopic (exact) mass is 288 g/mol. The number of hydrogen-bond donors (Lipinski definition) is 1. The second-order valence-electron chi connectivity index (χ2n) is 6.14. The van der Waals surface area contributed by atoms with Gasteiger partial charge < -0.3 is 9.74 Å². The molecule has 1 aliphatic heterocycles. The van der Waals surface area contributed by atoms with Crippen molar-refractivity contribution >= 4 is 11.7 Å². The fourth-order valence-corrected chi connectivity index (χ4v) is 3.31. The average molecular weight is 288 g/mol. The van der Waals surface area contributed by atoms with Crippen LogP contribution in [0.2, 0.25) is 0 Å². The lowest BCUT2D eigenvalue weighted by Crippen LogP contribution is -2.41. The molecular formula is C17H24N2O2. The minimum absolute atomic E-state index is 0.0205. The van der Waals surface area contributed by atoms with Crippen molar-refractivity contribution in [2.45, 2.75) is 44.6 Å². The van der Waals surface area contributed by atoms with Crippen LogP contribution in [0, 0.1) is 5.92 Å². The maximum absolute atomic E-state index is 12.2. The number of hydrogen-bond acceptors (Lipinski definition) is 4. The van der Waals surface area contributed by atoms with Gasteiger partial charge in [0.15, 0.2) is 0 Å². The molecule has 114 valence electrons. The SMILES string of the molecule is O=C(ONC1CCCC1)C1CCCN(c2ccccc2)C1. The zero-order valence-electron chi connectivity index (χ0n) is 12.5. The Hall–Kier alpha value is -1.55. The number of para-hydroxylation sites is 1. The third kappa shape index (κ3) is 3.76. The Balaban J connectivity index is 1.51. The van der Waals surface area contributed by atoms with Crippen LogP contribution in [0.5, 0.6) is 0 Å². The summed E-state index contributed by atoms with van der Waals surface area (Å²) in [6.07, 6.45) is 6.68. The van der Waals surface area contributed by atoms with Crippen LogP contribution in [0.3, 0.4) is 0 Å². The van der Waals surface area contributed by atoms with E-state index in [2.05, 4.69) is 22.5 Å². The Kier molecular flexibility index (Phi) is 4.76. The van der Waals surface area contributed by atoms with Crippen LogP contribution in [0.1, 0.15) is 38.5 Å². The standard InChI is InChI=1S/C17H24N2O2/c20-17(21-18-15-8-4-5-9-15)14-7-6-12-19(13-14)16-10-2-1-3-11-16/h1-3,10-11,14-15,18H,4-9,12-13H2. The van der Waals surface area contributed by atoms with Crippen LogP contribution < -0.4 is 10.4 Å². The lowest BCUT2D eigenvalue weighted by atomic mass is 9.98. The second-order valence-corrected chi connectivity index (χ2v) is 6.14. The van der Waals surface area contributed by atoms with Gasteiger partial charge in [-0.3, -0.25) is 0 Å². The molecule has 4 heteroatoms. The number of carbonyl (C=O) groups excluding carboxylic acids is 1. The lowest BCUT2D eigenvalue weighted by Gasteiger charge is -2.33. The first-order chi connectivity index (χ1) is 10.3. The highest BCUT2D eigenvalue weighted by Gasteiger charge is 2.28. The molecule has 1 aromatic carbocycles. The van der Waals surface area contributed by atoms with Gasteiger partial charge in [-0.05, 0) is 37.8 Å². The summed E-state index contributed by atoms with van der Waals surface area (Å²) in [7, 11) is 0.